The van der Waals surface area contributed by atoms with Crippen LogP contribution in [-0.4, -0.2) is 12.1 Å². The van der Waals surface area contributed by atoms with Crippen LogP contribution in [-0.2, 0) is 6.61 Å². The smallest absolute Gasteiger partial charge is 0.271 e. The van der Waals surface area contributed by atoms with Gasteiger partial charge in [0.2, 0.25) is 0 Å². The fraction of sp³-hybridized carbons (Fsp3) is 0.0476. The number of amides is 1. The summed E-state index contributed by atoms with van der Waals surface area (Å²) in [7, 11) is 0. The van der Waals surface area contributed by atoms with Crippen LogP contribution in [0.25, 0.3) is 0 Å². The van der Waals surface area contributed by atoms with Crippen LogP contribution < -0.4 is 10.2 Å². The molecule has 130 valence electrons. The van der Waals surface area contributed by atoms with Gasteiger partial charge in [-0.05, 0) is 41.5 Å². The largest absolute Gasteiger partial charge is 0.489 e. The van der Waals surface area contributed by atoms with Gasteiger partial charge in [-0.2, -0.15) is 5.10 Å². The first kappa shape index (κ1) is 17.4. The van der Waals surface area contributed by atoms with Gasteiger partial charge in [0, 0.05) is 5.56 Å². The summed E-state index contributed by atoms with van der Waals surface area (Å²) in [6.07, 6.45) is 1.51. The molecule has 0 aliphatic heterocycles. The maximum absolute atomic E-state index is 13.1. The molecule has 0 unspecified atom stereocenters. The third-order valence-corrected chi connectivity index (χ3v) is 3.57. The number of nitrogens with one attached hydrogen (secondary N) is 1. The van der Waals surface area contributed by atoms with Crippen molar-refractivity contribution in [3.05, 3.63) is 101 Å². The lowest BCUT2D eigenvalue weighted by Crippen LogP contribution is -2.17. The molecule has 0 aliphatic carbocycles. The molecule has 0 saturated heterocycles. The highest BCUT2D eigenvalue weighted by molar-refractivity contribution is 5.94. The van der Waals surface area contributed by atoms with E-state index >= 15 is 0 Å². The van der Waals surface area contributed by atoms with E-state index in [1.807, 2.05) is 54.6 Å². The number of halogens is 1. The highest BCUT2D eigenvalue weighted by Gasteiger charge is 2.04. The van der Waals surface area contributed by atoms with Gasteiger partial charge >= 0.3 is 0 Å². The number of rotatable bonds is 6. The van der Waals surface area contributed by atoms with Crippen LogP contribution >= 0.6 is 0 Å². The Morgan fingerprint density at radius 2 is 1.81 bits per heavy atom. The van der Waals surface area contributed by atoms with Crippen LogP contribution in [0.15, 0.2) is 84.0 Å². The Labute approximate surface area is 150 Å². The van der Waals surface area contributed by atoms with Crippen molar-refractivity contribution in [3.8, 4) is 5.75 Å². The fourth-order valence-electron chi connectivity index (χ4n) is 2.29. The van der Waals surface area contributed by atoms with Crippen LogP contribution in [0, 0.1) is 5.82 Å². The summed E-state index contributed by atoms with van der Waals surface area (Å²) in [6.45, 7) is 0.470. The summed E-state index contributed by atoms with van der Waals surface area (Å²) in [5, 5.41) is 3.90. The Bertz CT molecular complexity index is 911. The topological polar surface area (TPSA) is 50.7 Å². The van der Waals surface area contributed by atoms with Gasteiger partial charge in [0.25, 0.3) is 5.91 Å². The van der Waals surface area contributed by atoms with Crippen LogP contribution in [0.1, 0.15) is 21.5 Å². The Balaban J connectivity index is 1.57. The molecular weight excluding hydrogens is 331 g/mol. The van der Waals surface area contributed by atoms with E-state index in [2.05, 4.69) is 10.5 Å². The number of hydrogen-bond donors (Lipinski definition) is 1. The first-order valence-corrected chi connectivity index (χ1v) is 8.06. The maximum Gasteiger partial charge on any atom is 0.271 e. The third-order valence-electron chi connectivity index (χ3n) is 3.57. The van der Waals surface area contributed by atoms with Gasteiger partial charge in [0.15, 0.2) is 0 Å². The minimum atomic E-state index is -0.475. The van der Waals surface area contributed by atoms with Crippen molar-refractivity contribution >= 4 is 12.1 Å². The summed E-state index contributed by atoms with van der Waals surface area (Å²) in [6, 6.07) is 22.7. The van der Waals surface area contributed by atoms with E-state index < -0.39 is 11.7 Å². The lowest BCUT2D eigenvalue weighted by Gasteiger charge is -2.06. The van der Waals surface area contributed by atoms with Crippen molar-refractivity contribution in [2.45, 2.75) is 6.61 Å². The van der Waals surface area contributed by atoms with Crippen molar-refractivity contribution in [3.63, 3.8) is 0 Å². The average molecular weight is 348 g/mol. The zero-order valence-corrected chi connectivity index (χ0v) is 13.9. The van der Waals surface area contributed by atoms with Crippen LogP contribution in [0.3, 0.4) is 0 Å². The Morgan fingerprint density at radius 3 is 2.62 bits per heavy atom. The standard InChI is InChI=1S/C21H17FN2O2/c22-19-10-5-9-18(13-19)21(25)24-23-14-17-8-4-11-20(12-17)26-15-16-6-2-1-3-7-16/h1-14H,15H2,(H,24,25)/b23-14+. The van der Waals surface area contributed by atoms with Gasteiger partial charge in [-0.3, -0.25) is 4.79 Å². The van der Waals surface area contributed by atoms with Gasteiger partial charge in [-0.25, -0.2) is 9.82 Å². The second kappa shape index (κ2) is 8.58. The molecule has 4 nitrogen and oxygen atoms in total. The SMILES string of the molecule is O=C(N/N=C/c1cccc(OCc2ccccc2)c1)c1cccc(F)c1. The fourth-order valence-corrected chi connectivity index (χ4v) is 2.29. The molecule has 3 aromatic carbocycles. The van der Waals surface area contributed by atoms with E-state index in [1.54, 1.807) is 0 Å². The molecule has 3 aromatic rings. The molecule has 0 heterocycles. The van der Waals surface area contributed by atoms with Crippen molar-refractivity contribution in [2.75, 3.05) is 0 Å². The van der Waals surface area contributed by atoms with E-state index in [1.165, 1.54) is 24.4 Å². The summed E-state index contributed by atoms with van der Waals surface area (Å²) in [4.78, 5) is 11.9. The molecule has 5 heteroatoms. The van der Waals surface area contributed by atoms with Gasteiger partial charge < -0.3 is 4.74 Å². The maximum atomic E-state index is 13.1. The van der Waals surface area contributed by atoms with Gasteiger partial charge in [0.1, 0.15) is 18.2 Å². The zero-order valence-electron chi connectivity index (χ0n) is 13.9. The first-order chi connectivity index (χ1) is 12.7. The van der Waals surface area contributed by atoms with Crippen LogP contribution in [0.2, 0.25) is 0 Å². The molecule has 0 spiro atoms. The predicted molar refractivity (Wildman–Crippen MR) is 98.7 cm³/mol. The van der Waals surface area contributed by atoms with E-state index in [9.17, 15) is 9.18 Å². The lowest BCUT2D eigenvalue weighted by molar-refractivity contribution is 0.0954. The van der Waals surface area contributed by atoms with E-state index in [4.69, 9.17) is 4.74 Å². The van der Waals surface area contributed by atoms with Crippen molar-refractivity contribution in [2.24, 2.45) is 5.10 Å². The van der Waals surface area contributed by atoms with E-state index in [0.29, 0.717) is 12.4 Å². The second-order valence-corrected chi connectivity index (χ2v) is 5.56. The van der Waals surface area contributed by atoms with Gasteiger partial charge in [-0.1, -0.05) is 48.5 Å². The summed E-state index contributed by atoms with van der Waals surface area (Å²) < 4.78 is 18.9. The first-order valence-electron chi connectivity index (χ1n) is 8.06. The highest BCUT2D eigenvalue weighted by atomic mass is 19.1. The zero-order chi connectivity index (χ0) is 18.2. The summed E-state index contributed by atoms with van der Waals surface area (Å²) in [5.41, 5.74) is 4.44. The van der Waals surface area contributed by atoms with Gasteiger partial charge in [0.05, 0.1) is 6.21 Å². The number of benzene rings is 3. The van der Waals surface area contributed by atoms with E-state index in [0.717, 1.165) is 17.2 Å². The molecule has 0 aliphatic rings. The van der Waals surface area contributed by atoms with Crippen molar-refractivity contribution in [1.82, 2.24) is 5.43 Å². The molecular formula is C21H17FN2O2. The minimum Gasteiger partial charge on any atom is -0.489 e. The molecule has 0 aromatic heterocycles. The third kappa shape index (κ3) is 5.01. The number of carbonyl (C=O) groups is 1. The predicted octanol–water partition coefficient (Wildman–Crippen LogP) is 4.17. The number of hydrazone groups is 1. The number of hydrogen-bond acceptors (Lipinski definition) is 3. The summed E-state index contributed by atoms with van der Waals surface area (Å²) in [5.74, 6) is -0.239. The second-order valence-electron chi connectivity index (χ2n) is 5.56. The van der Waals surface area contributed by atoms with Gasteiger partial charge in [-0.15, -0.1) is 0 Å². The quantitative estimate of drug-likeness (QED) is 0.537. The number of carbonyl (C=O) groups excluding carboxylic acids is 1. The number of nitrogens with zero attached hydrogens (tertiary/aromatic N) is 1. The Kier molecular flexibility index (Phi) is 5.72. The Morgan fingerprint density at radius 1 is 1.00 bits per heavy atom. The molecule has 1 amide bonds. The average Bonchev–Trinajstić information content (AvgIpc) is 2.67. The highest BCUT2D eigenvalue weighted by Crippen LogP contribution is 2.14. The molecule has 0 saturated carbocycles. The lowest BCUT2D eigenvalue weighted by atomic mass is 10.2. The monoisotopic (exact) mass is 348 g/mol. The van der Waals surface area contributed by atoms with Crippen molar-refractivity contribution in [1.29, 1.82) is 0 Å². The number of ether oxygens (including phenoxy) is 1. The molecule has 26 heavy (non-hydrogen) atoms. The van der Waals surface area contributed by atoms with Crippen LogP contribution in [0.5, 0.6) is 5.75 Å². The Hall–Kier alpha value is -3.47. The summed E-state index contributed by atoms with van der Waals surface area (Å²) >= 11 is 0. The van der Waals surface area contributed by atoms with Crippen molar-refractivity contribution < 1.29 is 13.9 Å². The molecule has 0 radical (unpaired) electrons. The molecule has 0 atom stereocenters. The normalized spacial score (nSPS) is 10.7. The molecule has 0 bridgehead atoms. The van der Waals surface area contributed by atoms with E-state index in [-0.39, 0.29) is 5.56 Å². The molecule has 3 rings (SSSR count). The minimum absolute atomic E-state index is 0.210. The molecule has 0 fully saturated rings. The van der Waals surface area contributed by atoms with Crippen LogP contribution in [0.4, 0.5) is 4.39 Å². The molecule has 1 N–H and O–H groups in total.